The maximum Gasteiger partial charge on any atom is 0.323 e. The van der Waals surface area contributed by atoms with Crippen LogP contribution in [0.5, 0.6) is 0 Å². The Balaban J connectivity index is 1.66. The van der Waals surface area contributed by atoms with E-state index in [1.807, 2.05) is 41.8 Å². The number of rotatable bonds is 7. The molecule has 4 aromatic rings. The van der Waals surface area contributed by atoms with E-state index < -0.39 is 24.2 Å². The van der Waals surface area contributed by atoms with Gasteiger partial charge >= 0.3 is 5.97 Å². The Morgan fingerprint density at radius 3 is 2.55 bits per heavy atom. The summed E-state index contributed by atoms with van der Waals surface area (Å²) in [4.78, 5) is 30.2. The average Bonchev–Trinajstić information content (AvgIpc) is 3.09. The van der Waals surface area contributed by atoms with E-state index >= 15 is 0 Å². The van der Waals surface area contributed by atoms with Gasteiger partial charge in [-0.2, -0.15) is 0 Å². The quantitative estimate of drug-likeness (QED) is 0.420. The fourth-order valence-electron chi connectivity index (χ4n) is 3.77. The Morgan fingerprint density at radius 2 is 1.85 bits per heavy atom. The predicted molar refractivity (Wildman–Crippen MR) is 124 cm³/mol. The minimum Gasteiger partial charge on any atom is -0.480 e. The van der Waals surface area contributed by atoms with E-state index in [0.717, 1.165) is 21.8 Å². The van der Waals surface area contributed by atoms with E-state index in [4.69, 9.17) is 11.6 Å². The van der Waals surface area contributed by atoms with Gasteiger partial charge in [-0.05, 0) is 42.8 Å². The van der Waals surface area contributed by atoms with Crippen molar-refractivity contribution >= 4 is 34.5 Å². The van der Waals surface area contributed by atoms with Gasteiger partial charge in [-0.3, -0.25) is 9.59 Å². The molecule has 168 valence electrons. The Morgan fingerprint density at radius 1 is 1.09 bits per heavy atom. The fourth-order valence-corrected chi connectivity index (χ4v) is 3.99. The zero-order valence-electron chi connectivity index (χ0n) is 17.8. The summed E-state index contributed by atoms with van der Waals surface area (Å²) >= 11 is 6.09. The third-order valence-electron chi connectivity index (χ3n) is 5.39. The van der Waals surface area contributed by atoms with Gasteiger partial charge in [0.2, 0.25) is 0 Å². The van der Waals surface area contributed by atoms with Crippen molar-refractivity contribution in [2.45, 2.75) is 20.0 Å². The number of aryl methyl sites for hydroxylation is 1. The van der Waals surface area contributed by atoms with E-state index in [1.54, 1.807) is 18.2 Å². The largest absolute Gasteiger partial charge is 0.480 e. The smallest absolute Gasteiger partial charge is 0.323 e. The molecule has 0 radical (unpaired) electrons. The van der Waals surface area contributed by atoms with Gasteiger partial charge in [0.15, 0.2) is 0 Å². The molecule has 0 spiro atoms. The minimum atomic E-state index is -1.21. The summed E-state index contributed by atoms with van der Waals surface area (Å²) in [6, 6.07) is 19.2. The van der Waals surface area contributed by atoms with Crippen molar-refractivity contribution in [3.63, 3.8) is 0 Å². The summed E-state index contributed by atoms with van der Waals surface area (Å²) < 4.78 is 16.3. The fraction of sp³-hybridized carbons (Fsp3) is 0.160. The number of aromatic nitrogens is 2. The van der Waals surface area contributed by atoms with Crippen LogP contribution in [0, 0.1) is 12.7 Å². The van der Waals surface area contributed by atoms with Crippen LogP contribution in [-0.2, 0) is 17.9 Å². The molecule has 1 N–H and O–H groups in total. The minimum absolute atomic E-state index is 0.0674. The molecule has 0 atom stereocenters. The molecule has 1 heterocycles. The molecule has 0 bridgehead atoms. The maximum absolute atomic E-state index is 14.3. The highest BCUT2D eigenvalue weighted by molar-refractivity contribution is 6.31. The van der Waals surface area contributed by atoms with Crippen LogP contribution in [0.15, 0.2) is 66.7 Å². The summed E-state index contributed by atoms with van der Waals surface area (Å²) in [5, 5.41) is 9.44. The van der Waals surface area contributed by atoms with Crippen LogP contribution in [0.25, 0.3) is 11.0 Å². The monoisotopic (exact) mass is 465 g/mol. The number of aliphatic carboxylic acids is 1. The number of halogens is 2. The third kappa shape index (κ3) is 4.88. The number of carboxylic acid groups (broad SMARTS) is 1. The molecule has 0 unspecified atom stereocenters. The van der Waals surface area contributed by atoms with Gasteiger partial charge in [-0.1, -0.05) is 48.0 Å². The van der Waals surface area contributed by atoms with Crippen molar-refractivity contribution in [2.24, 2.45) is 0 Å². The number of hydrogen-bond donors (Lipinski definition) is 1. The van der Waals surface area contributed by atoms with E-state index in [9.17, 15) is 19.1 Å². The first-order valence-electron chi connectivity index (χ1n) is 10.3. The number of amides is 1. The maximum atomic E-state index is 14.3. The van der Waals surface area contributed by atoms with Gasteiger partial charge < -0.3 is 14.6 Å². The average molecular weight is 466 g/mol. The van der Waals surface area contributed by atoms with Gasteiger partial charge in [0, 0.05) is 22.7 Å². The molecule has 3 aromatic carbocycles. The molecule has 1 aromatic heterocycles. The highest BCUT2D eigenvalue weighted by Gasteiger charge is 2.22. The van der Waals surface area contributed by atoms with E-state index in [2.05, 4.69) is 4.98 Å². The number of imidazole rings is 1. The van der Waals surface area contributed by atoms with E-state index in [-0.39, 0.29) is 22.7 Å². The van der Waals surface area contributed by atoms with Gasteiger partial charge in [0.1, 0.15) is 18.2 Å². The van der Waals surface area contributed by atoms with E-state index in [1.165, 1.54) is 18.2 Å². The molecule has 0 aliphatic carbocycles. The summed E-state index contributed by atoms with van der Waals surface area (Å²) in [6.07, 6.45) is 0. The second-order valence-corrected chi connectivity index (χ2v) is 8.10. The number of benzene rings is 3. The molecule has 0 saturated carbocycles. The van der Waals surface area contributed by atoms with Crippen LogP contribution in [0.1, 0.15) is 27.3 Å². The normalized spacial score (nSPS) is 11.0. The molecule has 8 heteroatoms. The number of fused-ring (bicyclic) bond motifs is 1. The lowest BCUT2D eigenvalue weighted by molar-refractivity contribution is -0.137. The molecular formula is C25H21ClFN3O3. The lowest BCUT2D eigenvalue weighted by Gasteiger charge is -2.22. The third-order valence-corrected chi connectivity index (χ3v) is 5.75. The molecule has 6 nitrogen and oxygen atoms in total. The van der Waals surface area contributed by atoms with Gasteiger partial charge in [-0.15, -0.1) is 0 Å². The standard InChI is InChI=1S/C25H21ClFN3O3/c1-16-28-22-12-18(10-11-23(22)30(16)13-17-6-3-2-4-7-17)25(33)29(15-24(31)32)14-19-20(26)8-5-9-21(19)27/h2-12H,13-15H2,1H3,(H,31,32). The van der Waals surface area contributed by atoms with Crippen molar-refractivity contribution < 1.29 is 19.1 Å². The van der Waals surface area contributed by atoms with Crippen molar-refractivity contribution in [3.05, 3.63) is 100 Å². The summed E-state index contributed by atoms with van der Waals surface area (Å²) in [7, 11) is 0. The van der Waals surface area contributed by atoms with Crippen LogP contribution in [0.3, 0.4) is 0 Å². The Kier molecular flexibility index (Phi) is 6.42. The van der Waals surface area contributed by atoms with Crippen LogP contribution in [0.4, 0.5) is 4.39 Å². The summed E-state index contributed by atoms with van der Waals surface area (Å²) in [5.74, 6) is -1.57. The molecule has 0 aliphatic heterocycles. The molecule has 4 rings (SSSR count). The number of nitrogens with zero attached hydrogens (tertiary/aromatic N) is 3. The molecule has 0 aliphatic rings. The second kappa shape index (κ2) is 9.42. The number of carbonyl (C=O) groups is 2. The topological polar surface area (TPSA) is 75.4 Å². The van der Waals surface area contributed by atoms with Crippen molar-refractivity contribution in [1.82, 2.24) is 14.5 Å². The second-order valence-electron chi connectivity index (χ2n) is 7.69. The highest BCUT2D eigenvalue weighted by Crippen LogP contribution is 2.24. The summed E-state index contributed by atoms with van der Waals surface area (Å²) in [6.45, 7) is 1.66. The summed E-state index contributed by atoms with van der Waals surface area (Å²) in [5.41, 5.74) is 2.93. The zero-order chi connectivity index (χ0) is 23.5. The number of carbonyl (C=O) groups excluding carboxylic acids is 1. The Bertz CT molecular complexity index is 1320. The van der Waals surface area contributed by atoms with Gasteiger partial charge in [0.05, 0.1) is 17.6 Å². The van der Waals surface area contributed by atoms with E-state index in [0.29, 0.717) is 12.1 Å². The van der Waals surface area contributed by atoms with Crippen LogP contribution in [0.2, 0.25) is 5.02 Å². The zero-order valence-corrected chi connectivity index (χ0v) is 18.6. The number of carboxylic acids is 1. The first kappa shape index (κ1) is 22.5. The molecule has 0 fully saturated rings. The highest BCUT2D eigenvalue weighted by atomic mass is 35.5. The SMILES string of the molecule is Cc1nc2cc(C(=O)N(CC(=O)O)Cc3c(F)cccc3Cl)ccc2n1Cc1ccccc1. The van der Waals surface area contributed by atoms with Gasteiger partial charge in [-0.25, -0.2) is 9.37 Å². The molecule has 0 saturated heterocycles. The molecular weight excluding hydrogens is 445 g/mol. The Labute approximate surface area is 194 Å². The van der Waals surface area contributed by atoms with Gasteiger partial charge in [0.25, 0.3) is 5.91 Å². The lowest BCUT2D eigenvalue weighted by Crippen LogP contribution is -2.35. The predicted octanol–water partition coefficient (Wildman–Crippen LogP) is 4.91. The first-order valence-corrected chi connectivity index (χ1v) is 10.7. The van der Waals surface area contributed by atoms with Crippen molar-refractivity contribution in [1.29, 1.82) is 0 Å². The Hall–Kier alpha value is -3.71. The van der Waals surface area contributed by atoms with Crippen molar-refractivity contribution in [3.8, 4) is 0 Å². The van der Waals surface area contributed by atoms with Crippen LogP contribution < -0.4 is 0 Å². The van der Waals surface area contributed by atoms with Crippen LogP contribution >= 0.6 is 11.6 Å². The van der Waals surface area contributed by atoms with Crippen molar-refractivity contribution in [2.75, 3.05) is 6.54 Å². The molecule has 1 amide bonds. The first-order chi connectivity index (χ1) is 15.8. The van der Waals surface area contributed by atoms with Crippen LogP contribution in [-0.4, -0.2) is 38.0 Å². The molecule has 33 heavy (non-hydrogen) atoms. The number of hydrogen-bond acceptors (Lipinski definition) is 3. The lowest BCUT2D eigenvalue weighted by atomic mass is 10.1.